The van der Waals surface area contributed by atoms with Crippen molar-refractivity contribution in [3.8, 4) is 5.88 Å². The van der Waals surface area contributed by atoms with E-state index in [0.717, 1.165) is 46.9 Å². The summed E-state index contributed by atoms with van der Waals surface area (Å²) in [7, 11) is 1.78. The van der Waals surface area contributed by atoms with E-state index in [2.05, 4.69) is 39.4 Å². The molecule has 0 unspecified atom stereocenters. The second-order valence-corrected chi connectivity index (χ2v) is 8.82. The number of aliphatic imine (C=N–C) groups is 1. The summed E-state index contributed by atoms with van der Waals surface area (Å²) in [6.45, 7) is 7.79. The molecule has 2 N–H and O–H groups in total. The van der Waals surface area contributed by atoms with Gasteiger partial charge in [-0.3, -0.25) is 4.99 Å². The number of aryl methyl sites for hydroxylation is 2. The molecule has 160 valence electrons. The molecule has 0 amide bonds. The van der Waals surface area contributed by atoms with Crippen LogP contribution in [0.5, 0.6) is 5.88 Å². The summed E-state index contributed by atoms with van der Waals surface area (Å²) in [5.41, 5.74) is 2.22. The maximum atomic E-state index is 6.10. The Labute approximate surface area is 195 Å². The van der Waals surface area contributed by atoms with Crippen molar-refractivity contribution >= 4 is 41.3 Å². The molecule has 0 aliphatic heterocycles. The van der Waals surface area contributed by atoms with E-state index >= 15 is 0 Å². The fourth-order valence-electron chi connectivity index (χ4n) is 3.32. The molecule has 2 aromatic rings. The molecule has 2 aromatic heterocycles. The van der Waals surface area contributed by atoms with Gasteiger partial charge in [0, 0.05) is 30.7 Å². The van der Waals surface area contributed by atoms with Crippen LogP contribution in [0.2, 0.25) is 0 Å². The van der Waals surface area contributed by atoms with E-state index in [-0.39, 0.29) is 24.0 Å². The van der Waals surface area contributed by atoms with Crippen molar-refractivity contribution < 1.29 is 4.74 Å². The molecule has 1 aliphatic carbocycles. The van der Waals surface area contributed by atoms with Crippen molar-refractivity contribution in [3.63, 3.8) is 0 Å². The quantitative estimate of drug-likeness (QED) is 0.325. The minimum Gasteiger partial charge on any atom is -0.474 e. The Morgan fingerprint density at radius 2 is 1.93 bits per heavy atom. The Bertz CT molecular complexity index is 783. The van der Waals surface area contributed by atoms with Crippen LogP contribution in [0.1, 0.15) is 53.7 Å². The molecule has 0 saturated heterocycles. The highest BCUT2D eigenvalue weighted by Gasteiger charge is 2.19. The fraction of sp³-hybridized carbons (Fsp3) is 0.571. The minimum absolute atomic E-state index is 0. The van der Waals surface area contributed by atoms with Gasteiger partial charge < -0.3 is 15.4 Å². The van der Waals surface area contributed by atoms with Gasteiger partial charge in [-0.1, -0.05) is 6.92 Å². The topological polar surface area (TPSA) is 71.4 Å². The molecule has 1 fully saturated rings. The van der Waals surface area contributed by atoms with Gasteiger partial charge in [-0.25, -0.2) is 9.97 Å². The molecule has 0 radical (unpaired) electrons. The summed E-state index contributed by atoms with van der Waals surface area (Å²) in [6.07, 6.45) is 6.84. The van der Waals surface area contributed by atoms with Crippen molar-refractivity contribution in [1.29, 1.82) is 0 Å². The average Bonchev–Trinajstić information content (AvgIpc) is 3.02. The first-order valence-electron chi connectivity index (χ1n) is 10.0. The van der Waals surface area contributed by atoms with Crippen LogP contribution in [0.4, 0.5) is 0 Å². The van der Waals surface area contributed by atoms with E-state index in [1.807, 2.05) is 25.3 Å². The van der Waals surface area contributed by atoms with E-state index < -0.39 is 0 Å². The predicted molar refractivity (Wildman–Crippen MR) is 130 cm³/mol. The first kappa shape index (κ1) is 23.9. The molecule has 1 saturated carbocycles. The standard InChI is InChI=1S/C21H31N5OS.HI/c1-14-5-7-18(8-6-14)27-19-11-17(9-10-23-19)12-24-21(22-4)25-13-20-26-15(2)16(3)28-20;/h9-11,14,18H,5-8,12-13H2,1-4H3,(H2,22,24,25);1H. The normalized spacial score (nSPS) is 19.4. The lowest BCUT2D eigenvalue weighted by Gasteiger charge is -2.26. The van der Waals surface area contributed by atoms with Gasteiger partial charge in [0.25, 0.3) is 0 Å². The van der Waals surface area contributed by atoms with E-state index in [9.17, 15) is 0 Å². The lowest BCUT2D eigenvalue weighted by molar-refractivity contribution is 0.130. The minimum atomic E-state index is 0. The second kappa shape index (κ2) is 11.7. The third-order valence-electron chi connectivity index (χ3n) is 5.21. The summed E-state index contributed by atoms with van der Waals surface area (Å²) in [6, 6.07) is 4.02. The zero-order valence-electron chi connectivity index (χ0n) is 17.7. The summed E-state index contributed by atoms with van der Waals surface area (Å²) in [4.78, 5) is 14.5. The number of halogens is 1. The van der Waals surface area contributed by atoms with Crippen molar-refractivity contribution in [2.45, 2.75) is 65.6 Å². The van der Waals surface area contributed by atoms with E-state index in [1.54, 1.807) is 18.4 Å². The number of nitrogens with zero attached hydrogens (tertiary/aromatic N) is 3. The SMILES string of the molecule is CN=C(NCc1ccnc(OC2CCC(C)CC2)c1)NCc1nc(C)c(C)s1.I. The molecule has 29 heavy (non-hydrogen) atoms. The highest BCUT2D eigenvalue weighted by atomic mass is 127. The number of thiazole rings is 1. The zero-order valence-corrected chi connectivity index (χ0v) is 20.8. The highest BCUT2D eigenvalue weighted by Crippen LogP contribution is 2.26. The Morgan fingerprint density at radius 1 is 1.21 bits per heavy atom. The highest BCUT2D eigenvalue weighted by molar-refractivity contribution is 14.0. The summed E-state index contributed by atoms with van der Waals surface area (Å²) >= 11 is 1.72. The number of pyridine rings is 1. The molecule has 3 rings (SSSR count). The van der Waals surface area contributed by atoms with E-state index in [0.29, 0.717) is 19.2 Å². The molecular formula is C21H32IN5OS. The Morgan fingerprint density at radius 3 is 2.59 bits per heavy atom. The van der Waals surface area contributed by atoms with E-state index in [1.165, 1.54) is 17.7 Å². The largest absolute Gasteiger partial charge is 0.474 e. The van der Waals surface area contributed by atoms with E-state index in [4.69, 9.17) is 4.74 Å². The third-order valence-corrected chi connectivity index (χ3v) is 6.29. The average molecular weight is 529 g/mol. The molecule has 1 aliphatic rings. The number of nitrogens with one attached hydrogen (secondary N) is 2. The molecule has 8 heteroatoms. The predicted octanol–water partition coefficient (Wildman–Crippen LogP) is 4.60. The lowest BCUT2D eigenvalue weighted by Crippen LogP contribution is -2.36. The molecule has 6 nitrogen and oxygen atoms in total. The summed E-state index contributed by atoms with van der Waals surface area (Å²) in [5, 5.41) is 7.74. The summed E-state index contributed by atoms with van der Waals surface area (Å²) < 4.78 is 6.10. The van der Waals surface area contributed by atoms with Gasteiger partial charge in [0.15, 0.2) is 5.96 Å². The van der Waals surface area contributed by atoms with Gasteiger partial charge in [0.2, 0.25) is 5.88 Å². The number of guanidine groups is 1. The van der Waals surface area contributed by atoms with Gasteiger partial charge >= 0.3 is 0 Å². The Kier molecular flexibility index (Phi) is 9.61. The lowest BCUT2D eigenvalue weighted by atomic mass is 9.89. The van der Waals surface area contributed by atoms with Crippen molar-refractivity contribution in [2.24, 2.45) is 10.9 Å². The monoisotopic (exact) mass is 529 g/mol. The maximum absolute atomic E-state index is 6.10. The zero-order chi connectivity index (χ0) is 19.9. The fourth-order valence-corrected chi connectivity index (χ4v) is 4.20. The second-order valence-electron chi connectivity index (χ2n) is 7.53. The van der Waals surface area contributed by atoms with Crippen LogP contribution in [-0.4, -0.2) is 29.1 Å². The first-order valence-corrected chi connectivity index (χ1v) is 10.8. The molecule has 0 atom stereocenters. The molecule has 2 heterocycles. The maximum Gasteiger partial charge on any atom is 0.213 e. The molecule has 0 spiro atoms. The van der Waals surface area contributed by atoms with Crippen LogP contribution in [0, 0.1) is 19.8 Å². The van der Waals surface area contributed by atoms with Crippen LogP contribution >= 0.6 is 35.3 Å². The number of aromatic nitrogens is 2. The number of hydrogen-bond donors (Lipinski definition) is 2. The van der Waals surface area contributed by atoms with Crippen LogP contribution in [0.15, 0.2) is 23.3 Å². The number of rotatable bonds is 6. The van der Waals surface area contributed by atoms with Gasteiger partial charge in [-0.15, -0.1) is 35.3 Å². The van der Waals surface area contributed by atoms with Crippen LogP contribution in [-0.2, 0) is 13.1 Å². The molecular weight excluding hydrogens is 497 g/mol. The van der Waals surface area contributed by atoms with Crippen molar-refractivity contribution in [1.82, 2.24) is 20.6 Å². The van der Waals surface area contributed by atoms with Gasteiger partial charge in [-0.05, 0) is 57.1 Å². The summed E-state index contributed by atoms with van der Waals surface area (Å²) in [5.74, 6) is 2.29. The van der Waals surface area contributed by atoms with Gasteiger partial charge in [-0.2, -0.15) is 0 Å². The van der Waals surface area contributed by atoms with Crippen molar-refractivity contribution in [2.75, 3.05) is 7.05 Å². The third kappa shape index (κ3) is 7.40. The number of hydrogen-bond acceptors (Lipinski definition) is 5. The van der Waals surface area contributed by atoms with Crippen molar-refractivity contribution in [3.05, 3.63) is 39.5 Å². The van der Waals surface area contributed by atoms with Crippen LogP contribution < -0.4 is 15.4 Å². The first-order chi connectivity index (χ1) is 13.5. The molecule has 0 aromatic carbocycles. The number of ether oxygens (including phenoxy) is 1. The van der Waals surface area contributed by atoms with Crippen LogP contribution in [0.3, 0.4) is 0 Å². The Hall–Kier alpha value is -1.42. The Balaban J connectivity index is 0.00000300. The van der Waals surface area contributed by atoms with Crippen LogP contribution in [0.25, 0.3) is 0 Å². The van der Waals surface area contributed by atoms with Gasteiger partial charge in [0.1, 0.15) is 11.1 Å². The smallest absolute Gasteiger partial charge is 0.213 e. The van der Waals surface area contributed by atoms with Gasteiger partial charge in [0.05, 0.1) is 12.2 Å². The molecule has 0 bridgehead atoms.